The smallest absolute Gasteiger partial charge is 0.243 e. The minimum Gasteiger partial charge on any atom is -0.494 e. The Morgan fingerprint density at radius 3 is 2.48 bits per heavy atom. The van der Waals surface area contributed by atoms with Gasteiger partial charge in [0.2, 0.25) is 15.9 Å². The van der Waals surface area contributed by atoms with Gasteiger partial charge in [-0.15, -0.1) is 11.3 Å². The first-order valence-electron chi connectivity index (χ1n) is 9.73. The number of nitrogens with one attached hydrogen (secondary N) is 1. The normalized spacial score (nSPS) is 15.9. The number of benzene rings is 1. The van der Waals surface area contributed by atoms with E-state index >= 15 is 0 Å². The Morgan fingerprint density at radius 1 is 1.14 bits per heavy atom. The first kappa shape index (κ1) is 21.8. The van der Waals surface area contributed by atoms with Gasteiger partial charge in [0.1, 0.15) is 5.75 Å². The van der Waals surface area contributed by atoms with E-state index in [-0.39, 0.29) is 10.8 Å². The first-order valence-corrected chi connectivity index (χ1v) is 12.1. The highest BCUT2D eigenvalue weighted by Crippen LogP contribution is 2.20. The Balaban J connectivity index is 1.44. The van der Waals surface area contributed by atoms with E-state index in [9.17, 15) is 13.2 Å². The molecule has 2 heterocycles. The van der Waals surface area contributed by atoms with Gasteiger partial charge in [-0.3, -0.25) is 9.69 Å². The molecule has 158 valence electrons. The number of hydrogen-bond acceptors (Lipinski definition) is 6. The molecule has 0 spiro atoms. The highest BCUT2D eigenvalue weighted by molar-refractivity contribution is 7.89. The number of carbonyl (C=O) groups excluding carboxylic acids is 1. The van der Waals surface area contributed by atoms with Crippen LogP contribution in [-0.4, -0.2) is 69.4 Å². The van der Waals surface area contributed by atoms with Crippen LogP contribution in [0.25, 0.3) is 0 Å². The topological polar surface area (TPSA) is 79.0 Å². The summed E-state index contributed by atoms with van der Waals surface area (Å²) in [6.07, 6.45) is 0.831. The molecule has 0 radical (unpaired) electrons. The molecular formula is C20H27N3O4S2. The lowest BCUT2D eigenvalue weighted by molar-refractivity contribution is -0.122. The molecule has 1 aliphatic heterocycles. The maximum atomic E-state index is 12.8. The van der Waals surface area contributed by atoms with Crippen molar-refractivity contribution in [2.45, 2.75) is 18.2 Å². The molecular weight excluding hydrogens is 410 g/mol. The van der Waals surface area contributed by atoms with Gasteiger partial charge in [-0.1, -0.05) is 6.07 Å². The molecule has 1 amide bonds. The average Bonchev–Trinajstić information content (AvgIpc) is 3.23. The molecule has 1 saturated heterocycles. The minimum absolute atomic E-state index is 0.0237. The molecule has 9 heteroatoms. The zero-order valence-electron chi connectivity index (χ0n) is 16.5. The second-order valence-corrected chi connectivity index (χ2v) is 9.73. The SMILES string of the molecule is CCOc1ccc(S(=O)(=O)N2CCN(CC(=O)NCCc3cccs3)CC2)cc1. The first-order chi connectivity index (χ1) is 14.0. The van der Waals surface area contributed by atoms with Crippen LogP contribution in [0.3, 0.4) is 0 Å². The van der Waals surface area contributed by atoms with Crippen LogP contribution in [0.5, 0.6) is 5.75 Å². The van der Waals surface area contributed by atoms with Gasteiger partial charge < -0.3 is 10.1 Å². The van der Waals surface area contributed by atoms with Crippen molar-refractivity contribution >= 4 is 27.3 Å². The van der Waals surface area contributed by atoms with Crippen molar-refractivity contribution in [1.82, 2.24) is 14.5 Å². The summed E-state index contributed by atoms with van der Waals surface area (Å²) >= 11 is 1.68. The number of amides is 1. The van der Waals surface area contributed by atoms with Crippen molar-refractivity contribution in [3.8, 4) is 5.75 Å². The second kappa shape index (κ2) is 10.2. The third-order valence-electron chi connectivity index (χ3n) is 4.74. The van der Waals surface area contributed by atoms with Gasteiger partial charge >= 0.3 is 0 Å². The van der Waals surface area contributed by atoms with Crippen LogP contribution in [0.1, 0.15) is 11.8 Å². The molecule has 1 N–H and O–H groups in total. The molecule has 0 atom stereocenters. The van der Waals surface area contributed by atoms with Crippen LogP contribution >= 0.6 is 11.3 Å². The van der Waals surface area contributed by atoms with Gasteiger partial charge in [0.15, 0.2) is 0 Å². The number of rotatable bonds is 9. The molecule has 0 bridgehead atoms. The van der Waals surface area contributed by atoms with Crippen molar-refractivity contribution in [2.24, 2.45) is 0 Å². The predicted molar refractivity (Wildman–Crippen MR) is 114 cm³/mol. The van der Waals surface area contributed by atoms with E-state index < -0.39 is 10.0 Å². The molecule has 2 aromatic rings. The molecule has 3 rings (SSSR count). The van der Waals surface area contributed by atoms with Gasteiger partial charge in [0, 0.05) is 37.6 Å². The molecule has 0 saturated carbocycles. The fraction of sp³-hybridized carbons (Fsp3) is 0.450. The Labute approximate surface area is 176 Å². The predicted octanol–water partition coefficient (Wildman–Crippen LogP) is 1.81. The van der Waals surface area contributed by atoms with Crippen LogP contribution in [0.15, 0.2) is 46.7 Å². The second-order valence-electron chi connectivity index (χ2n) is 6.76. The molecule has 29 heavy (non-hydrogen) atoms. The summed E-state index contributed by atoms with van der Waals surface area (Å²) in [6, 6.07) is 10.6. The van der Waals surface area contributed by atoms with E-state index in [0.717, 1.165) is 6.42 Å². The van der Waals surface area contributed by atoms with Gasteiger partial charge in [-0.2, -0.15) is 4.31 Å². The van der Waals surface area contributed by atoms with E-state index in [0.29, 0.717) is 51.6 Å². The van der Waals surface area contributed by atoms with Gasteiger partial charge in [-0.25, -0.2) is 8.42 Å². The lowest BCUT2D eigenvalue weighted by Gasteiger charge is -2.33. The Bertz CT molecular complexity index is 875. The van der Waals surface area contributed by atoms with Crippen LogP contribution in [0, 0.1) is 0 Å². The van der Waals surface area contributed by atoms with Crippen LogP contribution in [0.4, 0.5) is 0 Å². The summed E-state index contributed by atoms with van der Waals surface area (Å²) in [5, 5.41) is 4.96. The molecule has 0 unspecified atom stereocenters. The molecule has 1 aliphatic rings. The van der Waals surface area contributed by atoms with Crippen molar-refractivity contribution in [2.75, 3.05) is 45.9 Å². The summed E-state index contributed by atoms with van der Waals surface area (Å²) < 4.78 is 32.5. The number of piperazine rings is 1. The maximum absolute atomic E-state index is 12.8. The number of carbonyl (C=O) groups is 1. The van der Waals surface area contributed by atoms with Gasteiger partial charge in [0.05, 0.1) is 18.0 Å². The van der Waals surface area contributed by atoms with Crippen molar-refractivity contribution in [3.63, 3.8) is 0 Å². The number of nitrogens with zero attached hydrogens (tertiary/aromatic N) is 2. The van der Waals surface area contributed by atoms with E-state index in [1.54, 1.807) is 35.6 Å². The quantitative estimate of drug-likeness (QED) is 0.647. The summed E-state index contributed by atoms with van der Waals surface area (Å²) in [5.74, 6) is 0.630. The largest absolute Gasteiger partial charge is 0.494 e. The fourth-order valence-corrected chi connectivity index (χ4v) is 5.32. The Hall–Kier alpha value is -1.94. The van der Waals surface area contributed by atoms with Crippen LogP contribution < -0.4 is 10.1 Å². The van der Waals surface area contributed by atoms with Gasteiger partial charge in [0.25, 0.3) is 0 Å². The van der Waals surface area contributed by atoms with E-state index in [2.05, 4.69) is 11.4 Å². The third kappa shape index (κ3) is 6.02. The minimum atomic E-state index is -3.53. The zero-order valence-corrected chi connectivity index (χ0v) is 18.2. The number of ether oxygens (including phenoxy) is 1. The summed E-state index contributed by atoms with van der Waals surface area (Å²) in [7, 11) is -3.53. The Kier molecular flexibility index (Phi) is 7.65. The molecule has 7 nitrogen and oxygen atoms in total. The highest BCUT2D eigenvalue weighted by atomic mass is 32.2. The molecule has 1 aromatic carbocycles. The highest BCUT2D eigenvalue weighted by Gasteiger charge is 2.29. The molecule has 1 aromatic heterocycles. The zero-order chi connectivity index (χ0) is 20.7. The third-order valence-corrected chi connectivity index (χ3v) is 7.59. The van der Waals surface area contributed by atoms with E-state index in [4.69, 9.17) is 4.74 Å². The molecule has 0 aliphatic carbocycles. The van der Waals surface area contributed by atoms with Gasteiger partial charge in [-0.05, 0) is 49.1 Å². The average molecular weight is 438 g/mol. The lowest BCUT2D eigenvalue weighted by atomic mass is 10.3. The standard InChI is InChI=1S/C20H27N3O4S2/c1-2-27-17-5-7-19(8-6-17)29(25,26)23-13-11-22(12-14-23)16-20(24)21-10-9-18-4-3-15-28-18/h3-8,15H,2,9-14,16H2,1H3,(H,21,24). The van der Waals surface area contributed by atoms with Crippen LogP contribution in [-0.2, 0) is 21.2 Å². The van der Waals surface area contributed by atoms with E-state index in [1.807, 2.05) is 23.3 Å². The monoisotopic (exact) mass is 437 g/mol. The van der Waals surface area contributed by atoms with Crippen molar-refractivity contribution in [3.05, 3.63) is 46.7 Å². The number of thiophene rings is 1. The van der Waals surface area contributed by atoms with Crippen molar-refractivity contribution < 1.29 is 17.9 Å². The number of hydrogen-bond donors (Lipinski definition) is 1. The lowest BCUT2D eigenvalue weighted by Crippen LogP contribution is -2.51. The van der Waals surface area contributed by atoms with Crippen LogP contribution in [0.2, 0.25) is 0 Å². The summed E-state index contributed by atoms with van der Waals surface area (Å²) in [4.78, 5) is 15.6. The van der Waals surface area contributed by atoms with Crippen molar-refractivity contribution in [1.29, 1.82) is 0 Å². The van der Waals surface area contributed by atoms with E-state index in [1.165, 1.54) is 9.18 Å². The molecule has 1 fully saturated rings. The fourth-order valence-electron chi connectivity index (χ4n) is 3.19. The number of sulfonamides is 1. The summed E-state index contributed by atoms with van der Waals surface area (Å²) in [6.45, 7) is 5.15. The maximum Gasteiger partial charge on any atom is 0.243 e. The summed E-state index contributed by atoms with van der Waals surface area (Å²) in [5.41, 5.74) is 0. The Morgan fingerprint density at radius 2 is 1.86 bits per heavy atom.